The van der Waals surface area contributed by atoms with Crippen LogP contribution in [0.25, 0.3) is 0 Å². The number of carbonyl (C=O) groups is 4. The number of carboxylic acids is 2. The first-order valence-corrected chi connectivity index (χ1v) is 12.1. The minimum atomic E-state index is -1.25. The number of fused-ring (bicyclic) bond motifs is 1. The third-order valence-electron chi connectivity index (χ3n) is 5.19. The summed E-state index contributed by atoms with van der Waals surface area (Å²) in [6.45, 7) is 0. The molecule has 2 aliphatic heterocycles. The maximum Gasteiger partial charge on any atom is 0.352 e. The summed E-state index contributed by atoms with van der Waals surface area (Å²) in [5.74, 6) is -2.63. The topological polar surface area (TPSA) is 192 Å². The Labute approximate surface area is 201 Å². The lowest BCUT2D eigenvalue weighted by Crippen LogP contribution is -2.71. The summed E-state index contributed by atoms with van der Waals surface area (Å²) in [5.41, 5.74) is 6.98. The van der Waals surface area contributed by atoms with Crippen LogP contribution in [0.2, 0.25) is 0 Å². The smallest absolute Gasteiger partial charge is 0.352 e. The van der Waals surface area contributed by atoms with Crippen molar-refractivity contribution in [1.29, 1.82) is 0 Å². The number of aromatic amines is 1. The van der Waals surface area contributed by atoms with Gasteiger partial charge < -0.3 is 21.3 Å². The lowest BCUT2D eigenvalue weighted by atomic mass is 10.0. The van der Waals surface area contributed by atoms with Crippen molar-refractivity contribution >= 4 is 47.3 Å². The predicted octanol–water partition coefficient (Wildman–Crippen LogP) is -0.0375. The van der Waals surface area contributed by atoms with Crippen molar-refractivity contribution in [2.24, 2.45) is 5.73 Å². The molecule has 6 N–H and O–H groups in total. The Balaban J connectivity index is 1.43. The van der Waals surface area contributed by atoms with Crippen molar-refractivity contribution in [2.45, 2.75) is 29.0 Å². The van der Waals surface area contributed by atoms with Crippen LogP contribution in [0.3, 0.4) is 0 Å². The summed E-state index contributed by atoms with van der Waals surface area (Å²) < 4.78 is 0. The van der Waals surface area contributed by atoms with Crippen LogP contribution in [-0.4, -0.2) is 77.0 Å². The molecule has 1 saturated heterocycles. The van der Waals surface area contributed by atoms with Gasteiger partial charge in [0.05, 0.1) is 0 Å². The van der Waals surface area contributed by atoms with Crippen LogP contribution in [0.15, 0.2) is 46.8 Å². The average molecular weight is 505 g/mol. The Morgan fingerprint density at radius 2 is 2.03 bits per heavy atom. The van der Waals surface area contributed by atoms with Gasteiger partial charge in [-0.15, -0.1) is 16.9 Å². The number of amides is 2. The van der Waals surface area contributed by atoms with E-state index in [4.69, 9.17) is 10.8 Å². The molecule has 3 heterocycles. The Kier molecular flexibility index (Phi) is 6.90. The molecule has 1 aromatic heterocycles. The molecule has 0 spiro atoms. The number of hydrogen-bond acceptors (Lipinski definition) is 9. The van der Waals surface area contributed by atoms with Crippen molar-refractivity contribution in [2.75, 3.05) is 11.5 Å². The lowest BCUT2D eigenvalue weighted by molar-refractivity contribution is -0.150. The van der Waals surface area contributed by atoms with Crippen molar-refractivity contribution in [3.05, 3.63) is 53.0 Å². The van der Waals surface area contributed by atoms with E-state index in [1.165, 1.54) is 16.7 Å². The van der Waals surface area contributed by atoms with Crippen LogP contribution < -0.4 is 11.1 Å². The minimum Gasteiger partial charge on any atom is -0.481 e. The molecule has 1 aromatic carbocycles. The number of rotatable bonds is 9. The fourth-order valence-electron chi connectivity index (χ4n) is 3.57. The van der Waals surface area contributed by atoms with E-state index in [9.17, 15) is 24.3 Å². The first-order valence-electron chi connectivity index (χ1n) is 10.0. The number of H-pyrrole nitrogens is 1. The summed E-state index contributed by atoms with van der Waals surface area (Å²) in [6.07, 6.45) is -0.308. The van der Waals surface area contributed by atoms with Crippen molar-refractivity contribution < 1.29 is 29.4 Å². The molecule has 0 saturated carbocycles. The van der Waals surface area contributed by atoms with Gasteiger partial charge in [0, 0.05) is 11.5 Å². The molecule has 0 aliphatic carbocycles. The number of carboxylic acid groups (broad SMARTS) is 2. The molecule has 2 aliphatic rings. The highest BCUT2D eigenvalue weighted by Gasteiger charge is 2.54. The Bertz CT molecular complexity index is 1170. The fraction of sp³-hybridized carbons (Fsp3) is 0.300. The zero-order valence-electron chi connectivity index (χ0n) is 17.5. The predicted molar refractivity (Wildman–Crippen MR) is 122 cm³/mol. The molecule has 178 valence electrons. The Morgan fingerprint density at radius 1 is 1.29 bits per heavy atom. The third kappa shape index (κ3) is 4.78. The highest BCUT2D eigenvalue weighted by molar-refractivity contribution is 8.01. The summed E-state index contributed by atoms with van der Waals surface area (Å²) in [6, 6.07) is 6.90. The van der Waals surface area contributed by atoms with Gasteiger partial charge in [0.1, 0.15) is 35.4 Å². The van der Waals surface area contributed by atoms with Gasteiger partial charge >= 0.3 is 11.9 Å². The summed E-state index contributed by atoms with van der Waals surface area (Å²) in [5, 5.41) is 27.4. The standard InChI is InChI=1S/C20H20N6O6S2/c21-13(9-4-2-1-3-5-9)16(29)23-14-17(30)26-15(19(31)32)10(7-33-18(14)26)8-34-20-22-11(24-25-20)6-12(27)28/h1-5,13-14,18H,6-8,21H2,(H,23,29)(H,27,28)(H,31,32)(H,22,24,25)/t13?,14?,18-/m0/s1. The van der Waals surface area contributed by atoms with E-state index in [2.05, 4.69) is 20.5 Å². The van der Waals surface area contributed by atoms with Crippen LogP contribution >= 0.6 is 23.5 Å². The van der Waals surface area contributed by atoms with E-state index >= 15 is 0 Å². The van der Waals surface area contributed by atoms with Gasteiger partial charge in [-0.3, -0.25) is 24.4 Å². The van der Waals surface area contributed by atoms with Crippen LogP contribution in [0.1, 0.15) is 17.4 Å². The van der Waals surface area contributed by atoms with Gasteiger partial charge in [0.2, 0.25) is 11.1 Å². The van der Waals surface area contributed by atoms with Crippen LogP contribution in [0, 0.1) is 0 Å². The largest absolute Gasteiger partial charge is 0.481 e. The third-order valence-corrected chi connectivity index (χ3v) is 7.47. The Hall–Kier alpha value is -3.36. The van der Waals surface area contributed by atoms with Crippen LogP contribution in [0.5, 0.6) is 0 Å². The Morgan fingerprint density at radius 3 is 2.71 bits per heavy atom. The second kappa shape index (κ2) is 9.87. The number of thioether (sulfide) groups is 2. The molecule has 4 rings (SSSR count). The molecule has 2 aromatic rings. The van der Waals surface area contributed by atoms with E-state index in [1.807, 2.05) is 0 Å². The second-order valence-electron chi connectivity index (χ2n) is 7.47. The van der Waals surface area contributed by atoms with Crippen LogP contribution in [0.4, 0.5) is 0 Å². The van der Waals surface area contributed by atoms with Gasteiger partial charge in [-0.25, -0.2) is 9.78 Å². The highest BCUT2D eigenvalue weighted by atomic mass is 32.2. The number of carbonyl (C=O) groups excluding carboxylic acids is 2. The lowest BCUT2D eigenvalue weighted by Gasteiger charge is -2.49. The number of aromatic nitrogens is 3. The van der Waals surface area contributed by atoms with Gasteiger partial charge in [0.25, 0.3) is 5.91 Å². The van der Waals surface area contributed by atoms with Gasteiger partial charge in [0.15, 0.2) is 0 Å². The number of hydrogen-bond donors (Lipinski definition) is 5. The number of benzene rings is 1. The minimum absolute atomic E-state index is 0.125. The van der Waals surface area contributed by atoms with Gasteiger partial charge in [-0.05, 0) is 11.1 Å². The highest BCUT2D eigenvalue weighted by Crippen LogP contribution is 2.41. The van der Waals surface area contributed by atoms with E-state index in [0.29, 0.717) is 16.9 Å². The average Bonchev–Trinajstić information content (AvgIpc) is 3.26. The molecule has 12 nitrogen and oxygen atoms in total. The van der Waals surface area contributed by atoms with E-state index in [0.717, 1.165) is 11.8 Å². The zero-order valence-corrected chi connectivity index (χ0v) is 19.1. The number of nitrogens with one attached hydrogen (secondary N) is 2. The molecule has 0 bridgehead atoms. The first kappa shape index (κ1) is 23.8. The number of aliphatic carboxylic acids is 2. The van der Waals surface area contributed by atoms with E-state index in [1.54, 1.807) is 30.3 Å². The van der Waals surface area contributed by atoms with Gasteiger partial charge in [-0.1, -0.05) is 42.1 Å². The molecular weight excluding hydrogens is 484 g/mol. The van der Waals surface area contributed by atoms with Crippen molar-refractivity contribution in [3.8, 4) is 0 Å². The summed E-state index contributed by atoms with van der Waals surface area (Å²) in [4.78, 5) is 53.4. The molecular formula is C20H20N6O6S2. The molecule has 34 heavy (non-hydrogen) atoms. The molecule has 2 amide bonds. The van der Waals surface area contributed by atoms with E-state index in [-0.39, 0.29) is 28.9 Å². The SMILES string of the molecule is NC(C(=O)NC1C(=O)N2C(C(=O)O)=C(CSc3n[nH]c(CC(=O)O)n3)CS[C@@H]12)c1ccccc1. The molecule has 14 heteroatoms. The summed E-state index contributed by atoms with van der Waals surface area (Å²) in [7, 11) is 0. The maximum absolute atomic E-state index is 12.8. The maximum atomic E-state index is 12.8. The van der Waals surface area contributed by atoms with Crippen molar-refractivity contribution in [3.63, 3.8) is 0 Å². The number of β-lactam (4-membered cyclic amide) rings is 1. The monoisotopic (exact) mass is 504 g/mol. The molecule has 0 radical (unpaired) electrons. The fourth-order valence-corrected chi connectivity index (χ4v) is 5.87. The van der Waals surface area contributed by atoms with E-state index < -0.39 is 41.2 Å². The zero-order chi connectivity index (χ0) is 24.4. The molecule has 1 fully saturated rings. The summed E-state index contributed by atoms with van der Waals surface area (Å²) >= 11 is 2.47. The quantitative estimate of drug-likeness (QED) is 0.227. The molecule has 2 unspecified atom stereocenters. The second-order valence-corrected chi connectivity index (χ2v) is 9.51. The number of nitrogens with two attached hydrogens (primary N) is 1. The van der Waals surface area contributed by atoms with Gasteiger partial charge in [-0.2, -0.15) is 0 Å². The number of nitrogens with zero attached hydrogens (tertiary/aromatic N) is 3. The normalized spacial score (nSPS) is 20.4. The van der Waals surface area contributed by atoms with Crippen molar-refractivity contribution in [1.82, 2.24) is 25.4 Å². The molecule has 3 atom stereocenters. The van der Waals surface area contributed by atoms with Crippen LogP contribution in [-0.2, 0) is 25.6 Å². The first-order chi connectivity index (χ1) is 16.3.